The van der Waals surface area contributed by atoms with E-state index >= 15 is 0 Å². The predicted octanol–water partition coefficient (Wildman–Crippen LogP) is 2.73. The molecule has 0 aliphatic carbocycles. The zero-order valence-electron chi connectivity index (χ0n) is 17.2. The van der Waals surface area contributed by atoms with Gasteiger partial charge in [-0.1, -0.05) is 18.2 Å². The summed E-state index contributed by atoms with van der Waals surface area (Å²) in [6.45, 7) is 4.75. The van der Waals surface area contributed by atoms with E-state index in [1.54, 1.807) is 41.4 Å². The number of hydrogen-bond donors (Lipinski definition) is 2. The van der Waals surface area contributed by atoms with Crippen LogP contribution in [0.25, 0.3) is 0 Å². The highest BCUT2D eigenvalue weighted by molar-refractivity contribution is 5.88. The number of halogens is 1. The van der Waals surface area contributed by atoms with E-state index in [1.807, 2.05) is 6.92 Å². The molecule has 1 fully saturated rings. The average molecular weight is 415 g/mol. The molecule has 0 radical (unpaired) electrons. The zero-order valence-corrected chi connectivity index (χ0v) is 17.2. The topological polar surface area (TPSA) is 86.8 Å². The van der Waals surface area contributed by atoms with Gasteiger partial charge in [0, 0.05) is 56.1 Å². The first-order chi connectivity index (χ1) is 14.5. The van der Waals surface area contributed by atoms with Crippen LogP contribution in [0.4, 0.5) is 19.7 Å². The van der Waals surface area contributed by atoms with Crippen molar-refractivity contribution in [2.75, 3.05) is 38.6 Å². The molecule has 0 spiro atoms. The fourth-order valence-corrected chi connectivity index (χ4v) is 3.24. The van der Waals surface area contributed by atoms with Gasteiger partial charge in [-0.05, 0) is 19.1 Å². The van der Waals surface area contributed by atoms with Crippen LogP contribution >= 0.6 is 0 Å². The number of urea groups is 1. The van der Waals surface area contributed by atoms with Gasteiger partial charge in [0.1, 0.15) is 5.82 Å². The summed E-state index contributed by atoms with van der Waals surface area (Å²) in [5.41, 5.74) is 2.40. The summed E-state index contributed by atoms with van der Waals surface area (Å²) in [6.07, 6.45) is 1.23. The van der Waals surface area contributed by atoms with Crippen LogP contribution in [0, 0.1) is 12.7 Å². The van der Waals surface area contributed by atoms with Gasteiger partial charge in [0.25, 0.3) is 0 Å². The van der Waals surface area contributed by atoms with Crippen LogP contribution in [0.3, 0.4) is 0 Å². The number of methoxy groups -OCH3 is 1. The number of rotatable bonds is 5. The quantitative estimate of drug-likeness (QED) is 0.784. The Kier molecular flexibility index (Phi) is 7.18. The van der Waals surface area contributed by atoms with Gasteiger partial charge in [-0.3, -0.25) is 9.88 Å². The van der Waals surface area contributed by atoms with Gasteiger partial charge in [-0.25, -0.2) is 14.0 Å². The van der Waals surface area contributed by atoms with Gasteiger partial charge in [0.15, 0.2) is 0 Å². The third-order valence-electron chi connectivity index (χ3n) is 4.97. The zero-order chi connectivity index (χ0) is 21.5. The summed E-state index contributed by atoms with van der Waals surface area (Å²) < 4.78 is 19.6. The van der Waals surface area contributed by atoms with Crippen molar-refractivity contribution in [2.45, 2.75) is 20.0 Å². The first-order valence-electron chi connectivity index (χ1n) is 9.75. The van der Waals surface area contributed by atoms with Gasteiger partial charge in [0.2, 0.25) is 0 Å². The minimum absolute atomic E-state index is 0.0704. The Balaban J connectivity index is 1.52. The molecular weight excluding hydrogens is 389 g/mol. The van der Waals surface area contributed by atoms with Gasteiger partial charge in [-0.15, -0.1) is 0 Å². The second kappa shape index (κ2) is 10.0. The lowest BCUT2D eigenvalue weighted by atomic mass is 10.1. The van der Waals surface area contributed by atoms with Crippen molar-refractivity contribution in [3.63, 3.8) is 0 Å². The number of anilines is 1. The Labute approximate surface area is 175 Å². The lowest BCUT2D eigenvalue weighted by molar-refractivity contribution is 0.0885. The Morgan fingerprint density at radius 1 is 1.13 bits per heavy atom. The summed E-state index contributed by atoms with van der Waals surface area (Å²) in [4.78, 5) is 31.5. The number of carbonyl (C=O) groups is 2. The molecule has 8 nitrogen and oxygen atoms in total. The Bertz CT molecular complexity index is 883. The molecule has 0 bridgehead atoms. The fourth-order valence-electron chi connectivity index (χ4n) is 3.24. The van der Waals surface area contributed by atoms with Crippen molar-refractivity contribution in [1.82, 2.24) is 20.1 Å². The number of piperazine rings is 1. The highest BCUT2D eigenvalue weighted by Gasteiger charge is 2.22. The molecule has 160 valence electrons. The molecule has 9 heteroatoms. The van der Waals surface area contributed by atoms with Gasteiger partial charge in [0.05, 0.1) is 19.0 Å². The molecule has 0 unspecified atom stereocenters. The molecule has 3 amide bonds. The molecule has 0 atom stereocenters. The van der Waals surface area contributed by atoms with E-state index in [0.717, 1.165) is 5.69 Å². The molecule has 2 heterocycles. The SMILES string of the molecule is COC(=O)N1CCN(Cc2cccc(CNC(=O)Nc3ccc(C)nc3)c2F)CC1. The molecule has 1 saturated heterocycles. The molecule has 1 aromatic carbocycles. The minimum Gasteiger partial charge on any atom is -0.453 e. The van der Waals surface area contributed by atoms with Crippen LogP contribution < -0.4 is 10.6 Å². The predicted molar refractivity (Wildman–Crippen MR) is 110 cm³/mol. The van der Waals surface area contributed by atoms with Crippen molar-refractivity contribution in [3.05, 3.63) is 59.2 Å². The summed E-state index contributed by atoms with van der Waals surface area (Å²) >= 11 is 0. The van der Waals surface area contributed by atoms with Crippen molar-refractivity contribution in [1.29, 1.82) is 0 Å². The largest absolute Gasteiger partial charge is 0.453 e. The molecule has 1 aliphatic rings. The number of nitrogens with one attached hydrogen (secondary N) is 2. The first-order valence-corrected chi connectivity index (χ1v) is 9.75. The third kappa shape index (κ3) is 5.66. The molecule has 3 rings (SSSR count). The number of aryl methyl sites for hydroxylation is 1. The number of amides is 3. The molecular formula is C21H26FN5O3. The van der Waals surface area contributed by atoms with Crippen molar-refractivity contribution in [3.8, 4) is 0 Å². The molecule has 2 N–H and O–H groups in total. The van der Waals surface area contributed by atoms with Crippen LogP contribution in [0.1, 0.15) is 16.8 Å². The summed E-state index contributed by atoms with van der Waals surface area (Å²) in [5, 5.41) is 5.34. The summed E-state index contributed by atoms with van der Waals surface area (Å²) in [7, 11) is 1.36. The second-order valence-corrected chi connectivity index (χ2v) is 7.12. The molecule has 0 saturated carbocycles. The maximum atomic E-state index is 14.9. The highest BCUT2D eigenvalue weighted by atomic mass is 19.1. The number of hydrogen-bond acceptors (Lipinski definition) is 5. The van der Waals surface area contributed by atoms with E-state index in [9.17, 15) is 14.0 Å². The fraction of sp³-hybridized carbons (Fsp3) is 0.381. The Morgan fingerprint density at radius 2 is 1.87 bits per heavy atom. The number of ether oxygens (including phenoxy) is 1. The Morgan fingerprint density at radius 3 is 2.53 bits per heavy atom. The first kappa shape index (κ1) is 21.5. The Hall–Kier alpha value is -3.20. The second-order valence-electron chi connectivity index (χ2n) is 7.12. The molecule has 2 aromatic rings. The van der Waals surface area contributed by atoms with Crippen molar-refractivity contribution >= 4 is 17.8 Å². The minimum atomic E-state index is -0.426. The number of pyridine rings is 1. The van der Waals surface area contributed by atoms with Crippen LogP contribution in [-0.2, 0) is 17.8 Å². The van der Waals surface area contributed by atoms with Crippen molar-refractivity contribution in [2.24, 2.45) is 0 Å². The van der Waals surface area contributed by atoms with Gasteiger partial charge < -0.3 is 20.3 Å². The molecule has 1 aliphatic heterocycles. The smallest absolute Gasteiger partial charge is 0.409 e. The van der Waals surface area contributed by atoms with Crippen molar-refractivity contribution < 1.29 is 18.7 Å². The van der Waals surface area contributed by atoms with Gasteiger partial charge in [-0.2, -0.15) is 0 Å². The summed E-state index contributed by atoms with van der Waals surface area (Å²) in [5.74, 6) is -0.329. The number of nitrogens with zero attached hydrogens (tertiary/aromatic N) is 3. The molecule has 1 aromatic heterocycles. The lowest BCUT2D eigenvalue weighted by Crippen LogP contribution is -2.48. The monoisotopic (exact) mass is 415 g/mol. The highest BCUT2D eigenvalue weighted by Crippen LogP contribution is 2.17. The van der Waals surface area contributed by atoms with E-state index in [-0.39, 0.29) is 18.5 Å². The lowest BCUT2D eigenvalue weighted by Gasteiger charge is -2.33. The van der Waals surface area contributed by atoms with E-state index in [2.05, 4.69) is 20.5 Å². The average Bonchev–Trinajstić information content (AvgIpc) is 2.76. The normalized spacial score (nSPS) is 14.3. The third-order valence-corrected chi connectivity index (χ3v) is 4.97. The van der Waals surface area contributed by atoms with E-state index < -0.39 is 6.03 Å². The van der Waals surface area contributed by atoms with Gasteiger partial charge >= 0.3 is 12.1 Å². The number of benzene rings is 1. The number of carbonyl (C=O) groups excluding carboxylic acids is 2. The maximum Gasteiger partial charge on any atom is 0.409 e. The van der Waals surface area contributed by atoms with Crippen LogP contribution in [0.15, 0.2) is 36.5 Å². The summed E-state index contributed by atoms with van der Waals surface area (Å²) in [6, 6.07) is 8.30. The molecule has 30 heavy (non-hydrogen) atoms. The van der Waals surface area contributed by atoms with Crippen LogP contribution in [-0.4, -0.2) is 60.2 Å². The number of aromatic nitrogens is 1. The maximum absolute atomic E-state index is 14.9. The van der Waals surface area contributed by atoms with E-state index in [0.29, 0.717) is 49.5 Å². The van der Waals surface area contributed by atoms with E-state index in [1.165, 1.54) is 7.11 Å². The van der Waals surface area contributed by atoms with Crippen LogP contribution in [0.2, 0.25) is 0 Å². The van der Waals surface area contributed by atoms with E-state index in [4.69, 9.17) is 4.74 Å². The standard InChI is InChI=1S/C21H26FN5O3/c1-15-6-7-18(13-23-15)25-20(28)24-12-16-4-3-5-17(19(16)22)14-26-8-10-27(11-9-26)21(29)30-2/h3-7,13H,8-12,14H2,1-2H3,(H2,24,25,28). The van der Waals surface area contributed by atoms with Crippen LogP contribution in [0.5, 0.6) is 0 Å².